The first kappa shape index (κ1) is 16.8. The largest absolute Gasteiger partial charge is 1.00 e. The Hall–Kier alpha value is -0.580. The molecule has 0 aliphatic carbocycles. The molecule has 0 heterocycles. The summed E-state index contributed by atoms with van der Waals surface area (Å²) in [5.41, 5.74) is 0.292. The maximum absolute atomic E-state index is 11.1. The smallest absolute Gasteiger partial charge is 0.351 e. The minimum Gasteiger partial charge on any atom is -1.00 e. The molecule has 90 valence electrons. The van der Waals surface area contributed by atoms with Gasteiger partial charge in [0.1, 0.15) is 0 Å². The van der Waals surface area contributed by atoms with Gasteiger partial charge < -0.3 is 22.3 Å². The van der Waals surface area contributed by atoms with E-state index in [2.05, 4.69) is 6.58 Å². The van der Waals surface area contributed by atoms with Crippen LogP contribution in [0.1, 0.15) is 20.3 Å². The number of rotatable bonds is 5. The topological polar surface area (TPSA) is 46.5 Å². The van der Waals surface area contributed by atoms with E-state index >= 15 is 0 Å². The fourth-order valence-electron chi connectivity index (χ4n) is 1.03. The van der Waals surface area contributed by atoms with Gasteiger partial charge in [0.05, 0.1) is 20.6 Å². The van der Waals surface area contributed by atoms with E-state index in [9.17, 15) is 9.90 Å². The lowest BCUT2D eigenvalue weighted by molar-refractivity contribution is -0.958. The zero-order valence-electron chi connectivity index (χ0n) is 9.79. The predicted octanol–water partition coefficient (Wildman–Crippen LogP) is -2.13. The van der Waals surface area contributed by atoms with E-state index in [1.54, 1.807) is 21.0 Å². The van der Waals surface area contributed by atoms with Crippen LogP contribution in [0.2, 0.25) is 0 Å². The van der Waals surface area contributed by atoms with Crippen molar-refractivity contribution >= 4 is 5.97 Å². The van der Waals surface area contributed by atoms with Crippen molar-refractivity contribution in [3.63, 3.8) is 0 Å². The SMILES string of the molecule is C=C(C)C(=O)OC(O)[N+](C)(C)CCC.[Cl-]. The first-order valence-corrected chi connectivity index (χ1v) is 4.68. The number of hydrogen-bond donors (Lipinski definition) is 1. The average Bonchev–Trinajstić information content (AvgIpc) is 2.03. The lowest BCUT2D eigenvalue weighted by Crippen LogP contribution is -3.00. The van der Waals surface area contributed by atoms with Gasteiger partial charge in [-0.3, -0.25) is 4.48 Å². The van der Waals surface area contributed by atoms with Crippen molar-refractivity contribution in [3.8, 4) is 0 Å². The molecule has 1 atom stereocenters. The average molecular weight is 238 g/mol. The third-order valence-electron chi connectivity index (χ3n) is 1.96. The Morgan fingerprint density at radius 1 is 1.53 bits per heavy atom. The summed E-state index contributed by atoms with van der Waals surface area (Å²) in [7, 11) is 3.61. The highest BCUT2D eigenvalue weighted by atomic mass is 35.5. The van der Waals surface area contributed by atoms with Gasteiger partial charge in [0.25, 0.3) is 0 Å². The van der Waals surface area contributed by atoms with Crippen LogP contribution in [0.15, 0.2) is 12.2 Å². The molecule has 0 bridgehead atoms. The summed E-state index contributed by atoms with van der Waals surface area (Å²) in [6.07, 6.45) is -0.214. The van der Waals surface area contributed by atoms with Gasteiger partial charge >= 0.3 is 12.4 Å². The van der Waals surface area contributed by atoms with E-state index in [-0.39, 0.29) is 16.9 Å². The van der Waals surface area contributed by atoms with Gasteiger partial charge in [-0.1, -0.05) is 13.5 Å². The Morgan fingerprint density at radius 2 is 2.00 bits per heavy atom. The highest BCUT2D eigenvalue weighted by Gasteiger charge is 2.28. The number of halogens is 1. The van der Waals surface area contributed by atoms with Crippen molar-refractivity contribution in [2.45, 2.75) is 26.7 Å². The third kappa shape index (κ3) is 5.77. The van der Waals surface area contributed by atoms with Crippen LogP contribution in [-0.4, -0.2) is 42.6 Å². The van der Waals surface area contributed by atoms with Crippen LogP contribution >= 0.6 is 0 Å². The first-order valence-electron chi connectivity index (χ1n) is 4.68. The molecule has 0 aromatic carbocycles. The van der Waals surface area contributed by atoms with Gasteiger partial charge in [-0.2, -0.15) is 0 Å². The minimum atomic E-state index is -1.13. The van der Waals surface area contributed by atoms with Crippen molar-refractivity contribution in [1.29, 1.82) is 0 Å². The Morgan fingerprint density at radius 3 is 2.33 bits per heavy atom. The summed E-state index contributed by atoms with van der Waals surface area (Å²) in [5.74, 6) is -0.556. The zero-order valence-corrected chi connectivity index (χ0v) is 10.5. The van der Waals surface area contributed by atoms with Gasteiger partial charge in [-0.15, -0.1) is 0 Å². The summed E-state index contributed by atoms with van der Waals surface area (Å²) in [4.78, 5) is 11.1. The summed E-state index contributed by atoms with van der Waals surface area (Å²) >= 11 is 0. The van der Waals surface area contributed by atoms with Crippen LogP contribution < -0.4 is 12.4 Å². The van der Waals surface area contributed by atoms with Crippen LogP contribution in [0.3, 0.4) is 0 Å². The zero-order chi connectivity index (χ0) is 11.4. The summed E-state index contributed by atoms with van der Waals surface area (Å²) in [6.45, 7) is 7.74. The number of aliphatic hydroxyl groups excluding tert-OH is 1. The van der Waals surface area contributed by atoms with Gasteiger partial charge in [-0.05, 0) is 13.3 Å². The second-order valence-corrected chi connectivity index (χ2v) is 4.01. The number of carbonyl (C=O) groups excluding carboxylic acids is 1. The molecule has 0 aromatic heterocycles. The Kier molecular flexibility index (Phi) is 7.66. The molecule has 0 amide bonds. The van der Waals surface area contributed by atoms with Crippen LogP contribution in [0, 0.1) is 0 Å². The van der Waals surface area contributed by atoms with Crippen molar-refractivity contribution in [2.75, 3.05) is 20.6 Å². The molecule has 1 unspecified atom stereocenters. The third-order valence-corrected chi connectivity index (χ3v) is 1.96. The van der Waals surface area contributed by atoms with E-state index in [0.717, 1.165) is 13.0 Å². The first-order chi connectivity index (χ1) is 6.31. The Bertz CT molecular complexity index is 229. The van der Waals surface area contributed by atoms with Crippen LogP contribution in [0.4, 0.5) is 0 Å². The van der Waals surface area contributed by atoms with E-state index in [0.29, 0.717) is 5.57 Å². The second-order valence-electron chi connectivity index (χ2n) is 4.01. The van der Waals surface area contributed by atoms with E-state index in [1.807, 2.05) is 6.92 Å². The number of hydrogen-bond acceptors (Lipinski definition) is 3. The number of esters is 1. The van der Waals surface area contributed by atoms with Crippen molar-refractivity contribution in [3.05, 3.63) is 12.2 Å². The lowest BCUT2D eigenvalue weighted by Gasteiger charge is -2.32. The summed E-state index contributed by atoms with van der Waals surface area (Å²) in [5, 5.41) is 9.62. The van der Waals surface area contributed by atoms with Gasteiger partial charge in [-0.25, -0.2) is 4.79 Å². The highest BCUT2D eigenvalue weighted by Crippen LogP contribution is 2.08. The molecule has 0 saturated carbocycles. The number of carbonyl (C=O) groups is 1. The van der Waals surface area contributed by atoms with Crippen LogP contribution in [0.25, 0.3) is 0 Å². The molecule has 0 fully saturated rings. The van der Waals surface area contributed by atoms with Crippen molar-refractivity contribution in [2.24, 2.45) is 0 Å². The summed E-state index contributed by atoms with van der Waals surface area (Å²) in [6, 6.07) is 0. The van der Waals surface area contributed by atoms with Crippen LogP contribution in [-0.2, 0) is 9.53 Å². The molecule has 0 spiro atoms. The number of ether oxygens (including phenoxy) is 1. The van der Waals surface area contributed by atoms with E-state index in [1.165, 1.54) is 0 Å². The fraction of sp³-hybridized carbons (Fsp3) is 0.700. The van der Waals surface area contributed by atoms with Gasteiger partial charge in [0.15, 0.2) is 0 Å². The van der Waals surface area contributed by atoms with Gasteiger partial charge in [0.2, 0.25) is 0 Å². The van der Waals surface area contributed by atoms with Crippen molar-refractivity contribution < 1.29 is 31.5 Å². The molecule has 5 heteroatoms. The number of aliphatic hydroxyl groups is 1. The summed E-state index contributed by atoms with van der Waals surface area (Å²) < 4.78 is 5.06. The highest BCUT2D eigenvalue weighted by molar-refractivity contribution is 5.86. The van der Waals surface area contributed by atoms with Crippen LogP contribution in [0.5, 0.6) is 0 Å². The standard InChI is InChI=1S/C10H20NO3.ClH/c1-6-7-11(4,5)10(13)14-9(12)8(2)3;/h10,13H,2,6-7H2,1,3-5H3;1H/q+1;/p-1. The van der Waals surface area contributed by atoms with E-state index in [4.69, 9.17) is 4.74 Å². The molecule has 15 heavy (non-hydrogen) atoms. The number of quaternary nitrogens is 1. The molecule has 0 aliphatic heterocycles. The molecule has 0 radical (unpaired) electrons. The quantitative estimate of drug-likeness (QED) is 0.257. The number of nitrogens with zero attached hydrogens (tertiary/aromatic N) is 1. The molecule has 0 saturated heterocycles. The van der Waals surface area contributed by atoms with Gasteiger partial charge in [0, 0.05) is 5.57 Å². The minimum absolute atomic E-state index is 0. The Balaban J connectivity index is 0. The Labute approximate surface area is 97.5 Å². The molecule has 4 nitrogen and oxygen atoms in total. The molecule has 0 aromatic rings. The van der Waals surface area contributed by atoms with Crippen molar-refractivity contribution in [1.82, 2.24) is 0 Å². The normalized spacial score (nSPS) is 12.6. The lowest BCUT2D eigenvalue weighted by atomic mass is 10.3. The maximum Gasteiger partial charge on any atom is 0.351 e. The van der Waals surface area contributed by atoms with E-state index < -0.39 is 12.4 Å². The monoisotopic (exact) mass is 237 g/mol. The maximum atomic E-state index is 11.1. The second kappa shape index (κ2) is 6.82. The predicted molar refractivity (Wildman–Crippen MR) is 54.2 cm³/mol. The molecular formula is C10H20ClNO3. The molecule has 1 N–H and O–H groups in total. The molecule has 0 rings (SSSR count). The molecule has 0 aliphatic rings. The fourth-order valence-corrected chi connectivity index (χ4v) is 1.03. The molecular weight excluding hydrogens is 218 g/mol.